The first kappa shape index (κ1) is 24.6. The van der Waals surface area contributed by atoms with Gasteiger partial charge >= 0.3 is 0 Å². The van der Waals surface area contributed by atoms with Gasteiger partial charge in [0.25, 0.3) is 0 Å². The molecule has 4 heterocycles. The molecule has 194 valence electrons. The van der Waals surface area contributed by atoms with Crippen LogP contribution in [0.15, 0.2) is 77.7 Å². The fourth-order valence-corrected chi connectivity index (χ4v) is 6.66. The molecule has 10 heteroatoms. The number of benzene rings is 1. The summed E-state index contributed by atoms with van der Waals surface area (Å²) in [6.45, 7) is 3.65. The van der Waals surface area contributed by atoms with Crippen molar-refractivity contribution in [3.8, 4) is 5.69 Å². The predicted octanol–water partition coefficient (Wildman–Crippen LogP) is 4.25. The Labute approximate surface area is 222 Å². The van der Waals surface area contributed by atoms with Crippen LogP contribution in [0.2, 0.25) is 0 Å². The van der Waals surface area contributed by atoms with E-state index in [0.717, 1.165) is 35.5 Å². The SMILES string of the molecule is CCCn1cc(S(=O)N2CCC3=Cc4c(cnn4-c4ccc(F)cc4)C[C@]3(C(=O)c3ccccn3)C2)cn1. The summed E-state index contributed by atoms with van der Waals surface area (Å²) in [5.41, 5.74) is 2.97. The molecule has 3 aromatic heterocycles. The summed E-state index contributed by atoms with van der Waals surface area (Å²) in [5.74, 6) is -0.401. The third-order valence-electron chi connectivity index (χ3n) is 7.28. The highest BCUT2D eigenvalue weighted by Gasteiger charge is 2.50. The lowest BCUT2D eigenvalue weighted by Gasteiger charge is -2.44. The topological polar surface area (TPSA) is 85.9 Å². The van der Waals surface area contributed by atoms with Crippen LogP contribution in [0.3, 0.4) is 0 Å². The minimum absolute atomic E-state index is 0.0899. The van der Waals surface area contributed by atoms with E-state index in [4.69, 9.17) is 0 Å². The summed E-state index contributed by atoms with van der Waals surface area (Å²) in [5, 5.41) is 8.92. The van der Waals surface area contributed by atoms with E-state index in [1.807, 2.05) is 22.6 Å². The Kier molecular flexibility index (Phi) is 6.37. The van der Waals surface area contributed by atoms with E-state index in [1.165, 1.54) is 12.1 Å². The fraction of sp³-hybridized carbons (Fsp3) is 0.286. The smallest absolute Gasteiger partial charge is 0.192 e. The van der Waals surface area contributed by atoms with Gasteiger partial charge in [0.05, 0.1) is 34.1 Å². The maximum atomic E-state index is 14.2. The first-order valence-electron chi connectivity index (χ1n) is 12.7. The number of carbonyl (C=O) groups excluding carboxylic acids is 1. The highest BCUT2D eigenvalue weighted by Crippen LogP contribution is 2.46. The molecule has 1 fully saturated rings. The van der Waals surface area contributed by atoms with E-state index in [-0.39, 0.29) is 11.6 Å². The molecule has 6 rings (SSSR count). The lowest BCUT2D eigenvalue weighted by molar-refractivity contribution is 0.0773. The van der Waals surface area contributed by atoms with E-state index in [0.29, 0.717) is 36.5 Å². The van der Waals surface area contributed by atoms with Crippen molar-refractivity contribution >= 4 is 22.8 Å². The number of nitrogens with zero attached hydrogens (tertiary/aromatic N) is 6. The summed E-state index contributed by atoms with van der Waals surface area (Å²) in [4.78, 5) is 19.2. The van der Waals surface area contributed by atoms with Crippen LogP contribution in [0, 0.1) is 11.2 Å². The Balaban J connectivity index is 1.39. The monoisotopic (exact) mass is 530 g/mol. The van der Waals surface area contributed by atoms with Crippen LogP contribution in [0.25, 0.3) is 11.8 Å². The molecule has 0 N–H and O–H groups in total. The van der Waals surface area contributed by atoms with Gasteiger partial charge in [0, 0.05) is 32.0 Å². The van der Waals surface area contributed by atoms with Gasteiger partial charge in [-0.2, -0.15) is 10.2 Å². The zero-order chi connectivity index (χ0) is 26.3. The second kappa shape index (κ2) is 9.85. The highest BCUT2D eigenvalue weighted by atomic mass is 32.2. The largest absolute Gasteiger partial charge is 0.291 e. The third kappa shape index (κ3) is 4.23. The van der Waals surface area contributed by atoms with E-state index in [2.05, 4.69) is 22.1 Å². The summed E-state index contributed by atoms with van der Waals surface area (Å²) < 4.78 is 32.6. The molecular formula is C28H27FN6O2S. The standard InChI is InChI=1S/C28H27FN6O2S/c1-2-12-33-18-24(17-31-33)38(37)34-13-10-21-14-26-20(16-32-35(26)23-8-6-22(29)7-9-23)15-28(21,19-34)27(36)25-5-3-4-11-30-25/h3-9,11,14,16-18H,2,10,12-13,15,19H2,1H3/t28-,38?/m0/s1. The van der Waals surface area contributed by atoms with Crippen LogP contribution in [0.5, 0.6) is 0 Å². The number of aromatic nitrogens is 5. The second-order valence-corrected chi connectivity index (χ2v) is 11.2. The molecule has 1 aliphatic carbocycles. The lowest BCUT2D eigenvalue weighted by atomic mass is 9.65. The molecule has 2 aliphatic rings. The Morgan fingerprint density at radius 1 is 1.13 bits per heavy atom. The van der Waals surface area contributed by atoms with Crippen molar-refractivity contribution in [2.75, 3.05) is 13.1 Å². The van der Waals surface area contributed by atoms with Crippen LogP contribution in [-0.2, 0) is 24.0 Å². The van der Waals surface area contributed by atoms with Gasteiger partial charge in [-0.25, -0.2) is 17.6 Å². The first-order valence-corrected chi connectivity index (χ1v) is 13.8. The van der Waals surface area contributed by atoms with Gasteiger partial charge in [-0.05, 0) is 67.3 Å². The molecule has 4 aromatic rings. The van der Waals surface area contributed by atoms with Gasteiger partial charge in [-0.1, -0.05) is 18.6 Å². The molecule has 1 aromatic carbocycles. The maximum Gasteiger partial charge on any atom is 0.192 e. The summed E-state index contributed by atoms with van der Waals surface area (Å²) in [6.07, 6.45) is 10.8. The van der Waals surface area contributed by atoms with Crippen LogP contribution in [-0.4, -0.2) is 51.9 Å². The number of hydrogen-bond donors (Lipinski definition) is 0. The van der Waals surface area contributed by atoms with Crippen molar-refractivity contribution in [2.45, 2.75) is 37.6 Å². The molecule has 1 unspecified atom stereocenters. The molecule has 2 atom stereocenters. The van der Waals surface area contributed by atoms with Crippen molar-refractivity contribution in [3.05, 3.63) is 95.6 Å². The van der Waals surface area contributed by atoms with E-state index >= 15 is 0 Å². The van der Waals surface area contributed by atoms with Crippen molar-refractivity contribution < 1.29 is 13.4 Å². The third-order valence-corrected chi connectivity index (χ3v) is 8.68. The Hall–Kier alpha value is -3.76. The number of carbonyl (C=O) groups is 1. The first-order chi connectivity index (χ1) is 18.5. The molecule has 0 radical (unpaired) electrons. The molecule has 0 amide bonds. The van der Waals surface area contributed by atoms with Crippen LogP contribution < -0.4 is 0 Å². The van der Waals surface area contributed by atoms with Crippen LogP contribution in [0.4, 0.5) is 4.39 Å². The van der Waals surface area contributed by atoms with Gasteiger partial charge < -0.3 is 0 Å². The normalized spacial score (nSPS) is 19.9. The van der Waals surface area contributed by atoms with Gasteiger partial charge in [-0.15, -0.1) is 0 Å². The minimum atomic E-state index is -1.46. The summed E-state index contributed by atoms with van der Waals surface area (Å²) in [7, 11) is -1.46. The minimum Gasteiger partial charge on any atom is -0.291 e. The number of fused-ring (bicyclic) bond motifs is 2. The Bertz CT molecular complexity index is 1550. The number of rotatable bonds is 7. The fourth-order valence-electron chi connectivity index (χ4n) is 5.42. The molecule has 1 saturated heterocycles. The molecular weight excluding hydrogens is 503 g/mol. The maximum absolute atomic E-state index is 14.2. The van der Waals surface area contributed by atoms with Crippen LogP contribution in [0.1, 0.15) is 41.5 Å². The van der Waals surface area contributed by atoms with Gasteiger partial charge in [0.15, 0.2) is 5.78 Å². The van der Waals surface area contributed by atoms with Crippen molar-refractivity contribution in [3.63, 3.8) is 0 Å². The predicted molar refractivity (Wildman–Crippen MR) is 141 cm³/mol. The lowest BCUT2D eigenvalue weighted by Crippen LogP contribution is -2.52. The van der Waals surface area contributed by atoms with Crippen molar-refractivity contribution in [1.29, 1.82) is 0 Å². The van der Waals surface area contributed by atoms with Crippen LogP contribution >= 0.6 is 0 Å². The number of halogens is 1. The Morgan fingerprint density at radius 3 is 2.74 bits per heavy atom. The number of ketones is 1. The Morgan fingerprint density at radius 2 is 1.97 bits per heavy atom. The van der Waals surface area contributed by atoms with Crippen molar-refractivity contribution in [1.82, 2.24) is 28.9 Å². The molecule has 0 bridgehead atoms. The summed E-state index contributed by atoms with van der Waals surface area (Å²) in [6, 6.07) is 11.5. The number of piperidine rings is 1. The summed E-state index contributed by atoms with van der Waals surface area (Å²) >= 11 is 0. The van der Waals surface area contributed by atoms with Crippen molar-refractivity contribution in [2.24, 2.45) is 5.41 Å². The number of pyridine rings is 1. The average Bonchev–Trinajstić information content (AvgIpc) is 3.58. The zero-order valence-electron chi connectivity index (χ0n) is 21.0. The number of aryl methyl sites for hydroxylation is 1. The number of Topliss-reactive ketones (excluding diaryl/α,β-unsaturated/α-hetero) is 1. The average molecular weight is 531 g/mol. The van der Waals surface area contributed by atoms with Gasteiger partial charge in [0.1, 0.15) is 22.5 Å². The quantitative estimate of drug-likeness (QED) is 0.334. The number of hydrogen-bond acceptors (Lipinski definition) is 5. The molecule has 1 aliphatic heterocycles. The molecule has 38 heavy (non-hydrogen) atoms. The molecule has 8 nitrogen and oxygen atoms in total. The molecule has 0 spiro atoms. The van der Waals surface area contributed by atoms with E-state index in [9.17, 15) is 13.4 Å². The zero-order valence-corrected chi connectivity index (χ0v) is 21.8. The van der Waals surface area contributed by atoms with E-state index < -0.39 is 16.4 Å². The second-order valence-electron chi connectivity index (χ2n) is 9.72. The highest BCUT2D eigenvalue weighted by molar-refractivity contribution is 7.82. The van der Waals surface area contributed by atoms with Gasteiger partial charge in [0.2, 0.25) is 0 Å². The van der Waals surface area contributed by atoms with Gasteiger partial charge in [-0.3, -0.25) is 14.5 Å². The molecule has 0 saturated carbocycles. The van der Waals surface area contributed by atoms with E-state index in [1.54, 1.807) is 52.2 Å².